The number of ketones is 1. The molecule has 11 heteroatoms. The highest BCUT2D eigenvalue weighted by Gasteiger charge is 2.24. The lowest BCUT2D eigenvalue weighted by atomic mass is 10.0. The van der Waals surface area contributed by atoms with Crippen molar-refractivity contribution < 1.29 is 28.5 Å². The third-order valence-electron chi connectivity index (χ3n) is 6.78. The summed E-state index contributed by atoms with van der Waals surface area (Å²) in [6.07, 6.45) is 2.93. The number of hydrogen-bond acceptors (Lipinski definition) is 8. The Bertz CT molecular complexity index is 1190. The Balaban J connectivity index is 1.63. The summed E-state index contributed by atoms with van der Waals surface area (Å²) in [4.78, 5) is 33.9. The molecule has 218 valence electrons. The van der Waals surface area contributed by atoms with E-state index >= 15 is 0 Å². The highest BCUT2D eigenvalue weighted by atomic mass is 16.5. The Kier molecular flexibility index (Phi) is 11.6. The average molecular weight is 556 g/mol. The smallest absolute Gasteiger partial charge is 0.283 e. The van der Waals surface area contributed by atoms with Crippen LogP contribution < -0.4 is 30.4 Å². The van der Waals surface area contributed by atoms with Crippen molar-refractivity contribution in [3.63, 3.8) is 0 Å². The van der Waals surface area contributed by atoms with Crippen LogP contribution in [-0.2, 0) is 6.54 Å². The van der Waals surface area contributed by atoms with Crippen LogP contribution in [0.25, 0.3) is 0 Å². The number of methoxy groups -OCH3 is 3. The molecule has 0 unspecified atom stereocenters. The van der Waals surface area contributed by atoms with Crippen LogP contribution in [0.2, 0.25) is 0 Å². The number of Topliss-reactive ketones (excluding diaryl/α,β-unsaturated/α-hetero) is 1. The number of aliphatic imine (C=N–C) groups is 1. The molecular weight excluding hydrogens is 514 g/mol. The minimum Gasteiger partial charge on any atom is -0.493 e. The van der Waals surface area contributed by atoms with Gasteiger partial charge in [0.1, 0.15) is 5.75 Å². The largest absolute Gasteiger partial charge is 0.493 e. The molecular formula is C29H41N5O6. The van der Waals surface area contributed by atoms with Gasteiger partial charge in [0.05, 0.1) is 40.0 Å². The number of benzene rings is 2. The number of amides is 1. The molecule has 0 bridgehead atoms. The van der Waals surface area contributed by atoms with Crippen LogP contribution in [0.3, 0.4) is 0 Å². The van der Waals surface area contributed by atoms with Crippen molar-refractivity contribution in [2.75, 3.05) is 60.7 Å². The van der Waals surface area contributed by atoms with Gasteiger partial charge in [-0.15, -0.1) is 0 Å². The Morgan fingerprint density at radius 3 is 2.17 bits per heavy atom. The summed E-state index contributed by atoms with van der Waals surface area (Å²) in [5, 5.41) is 0. The highest BCUT2D eigenvalue weighted by molar-refractivity contribution is 6.06. The standard InChI is InChI=1S/C29H41N5O6/c1-5-6-7-16-40-24-10-8-20(17-22(24)28(36)32-29(30)31)23(35)19-34-14-12-33(13-15-34)18-21-9-11-25(37-2)27(39-4)26(21)38-3/h8-11,17H,5-7,12-16,18-19H2,1-4H3,(H4,30,31,32,36). The third kappa shape index (κ3) is 8.09. The van der Waals surface area contributed by atoms with Gasteiger partial charge in [0.25, 0.3) is 5.91 Å². The van der Waals surface area contributed by atoms with Gasteiger partial charge in [0.2, 0.25) is 5.75 Å². The second-order valence-corrected chi connectivity index (χ2v) is 9.58. The molecule has 1 fully saturated rings. The molecule has 0 radical (unpaired) electrons. The van der Waals surface area contributed by atoms with E-state index in [0.717, 1.165) is 51.0 Å². The first-order valence-electron chi connectivity index (χ1n) is 13.5. The number of nitrogens with zero attached hydrogens (tertiary/aromatic N) is 3. The first-order valence-corrected chi connectivity index (χ1v) is 13.5. The van der Waals surface area contributed by atoms with Gasteiger partial charge in [-0.25, -0.2) is 0 Å². The van der Waals surface area contributed by atoms with Crippen LogP contribution in [0.5, 0.6) is 23.0 Å². The second-order valence-electron chi connectivity index (χ2n) is 9.58. The van der Waals surface area contributed by atoms with Gasteiger partial charge >= 0.3 is 0 Å². The van der Waals surface area contributed by atoms with E-state index in [0.29, 0.717) is 41.7 Å². The zero-order valence-corrected chi connectivity index (χ0v) is 23.9. The van der Waals surface area contributed by atoms with Gasteiger partial charge in [0.15, 0.2) is 23.2 Å². The van der Waals surface area contributed by atoms with Crippen molar-refractivity contribution in [3.05, 3.63) is 47.0 Å². The number of nitrogens with two attached hydrogens (primary N) is 2. The molecule has 0 atom stereocenters. The third-order valence-corrected chi connectivity index (χ3v) is 6.78. The van der Waals surface area contributed by atoms with Crippen LogP contribution in [0, 0.1) is 0 Å². The van der Waals surface area contributed by atoms with E-state index in [1.807, 2.05) is 12.1 Å². The summed E-state index contributed by atoms with van der Waals surface area (Å²) < 4.78 is 22.3. The van der Waals surface area contributed by atoms with Gasteiger partial charge in [-0.1, -0.05) is 25.8 Å². The first-order chi connectivity index (χ1) is 19.3. The van der Waals surface area contributed by atoms with Crippen molar-refractivity contribution >= 4 is 17.6 Å². The van der Waals surface area contributed by atoms with Gasteiger partial charge in [0, 0.05) is 43.9 Å². The lowest BCUT2D eigenvalue weighted by molar-refractivity contribution is 0.0842. The maximum absolute atomic E-state index is 13.2. The molecule has 0 saturated carbocycles. The molecule has 4 N–H and O–H groups in total. The van der Waals surface area contributed by atoms with Crippen molar-refractivity contribution in [3.8, 4) is 23.0 Å². The van der Waals surface area contributed by atoms with E-state index < -0.39 is 5.91 Å². The maximum Gasteiger partial charge on any atom is 0.283 e. The summed E-state index contributed by atoms with van der Waals surface area (Å²) >= 11 is 0. The Labute approximate surface area is 236 Å². The molecule has 1 heterocycles. The zero-order chi connectivity index (χ0) is 29.1. The fourth-order valence-corrected chi connectivity index (χ4v) is 4.64. The Morgan fingerprint density at radius 2 is 1.55 bits per heavy atom. The normalized spacial score (nSPS) is 13.9. The Hall–Kier alpha value is -3.83. The molecule has 2 aromatic rings. The van der Waals surface area contributed by atoms with Crippen LogP contribution in [0.1, 0.15) is 52.5 Å². The van der Waals surface area contributed by atoms with Crippen LogP contribution in [0.15, 0.2) is 35.3 Å². The Morgan fingerprint density at radius 1 is 0.875 bits per heavy atom. The molecule has 1 aliphatic rings. The molecule has 1 amide bonds. The minimum absolute atomic E-state index is 0.0914. The zero-order valence-electron chi connectivity index (χ0n) is 23.9. The quantitative estimate of drug-likeness (QED) is 0.155. The van der Waals surface area contributed by atoms with Crippen LogP contribution in [0.4, 0.5) is 0 Å². The molecule has 0 aromatic heterocycles. The highest BCUT2D eigenvalue weighted by Crippen LogP contribution is 2.40. The summed E-state index contributed by atoms with van der Waals surface area (Å²) in [5.41, 5.74) is 12.4. The first kappa shape index (κ1) is 30.7. The fraction of sp³-hybridized carbons (Fsp3) is 0.483. The van der Waals surface area contributed by atoms with E-state index in [-0.39, 0.29) is 23.9 Å². The summed E-state index contributed by atoms with van der Waals surface area (Å²) in [5.74, 6) is 1.13. The van der Waals surface area contributed by atoms with E-state index in [4.69, 9.17) is 30.4 Å². The minimum atomic E-state index is -0.639. The summed E-state index contributed by atoms with van der Waals surface area (Å²) in [6, 6.07) is 8.70. The lowest BCUT2D eigenvalue weighted by Gasteiger charge is -2.34. The van der Waals surface area contributed by atoms with Crippen molar-refractivity contribution in [2.45, 2.75) is 32.7 Å². The van der Waals surface area contributed by atoms with E-state index in [1.54, 1.807) is 33.5 Å². The number of unbranched alkanes of at least 4 members (excludes halogenated alkanes) is 2. The van der Waals surface area contributed by atoms with Gasteiger partial charge in [-0.3, -0.25) is 19.4 Å². The van der Waals surface area contributed by atoms with Gasteiger partial charge in [-0.2, -0.15) is 4.99 Å². The number of rotatable bonds is 14. The molecule has 40 heavy (non-hydrogen) atoms. The molecule has 3 rings (SSSR count). The fourth-order valence-electron chi connectivity index (χ4n) is 4.64. The second kappa shape index (κ2) is 15.1. The number of hydrogen-bond donors (Lipinski definition) is 2. The summed E-state index contributed by atoms with van der Waals surface area (Å²) in [7, 11) is 4.80. The number of ether oxygens (including phenoxy) is 4. The van der Waals surface area contributed by atoms with Crippen LogP contribution in [-0.4, -0.2) is 88.1 Å². The number of carbonyl (C=O) groups is 2. The van der Waals surface area contributed by atoms with E-state index in [2.05, 4.69) is 21.7 Å². The predicted molar refractivity (Wildman–Crippen MR) is 154 cm³/mol. The van der Waals surface area contributed by atoms with Crippen molar-refractivity contribution in [2.24, 2.45) is 16.5 Å². The molecule has 2 aromatic carbocycles. The van der Waals surface area contributed by atoms with Crippen molar-refractivity contribution in [1.29, 1.82) is 0 Å². The molecule has 11 nitrogen and oxygen atoms in total. The number of guanidine groups is 1. The average Bonchev–Trinajstić information content (AvgIpc) is 2.95. The monoisotopic (exact) mass is 555 g/mol. The molecule has 1 aliphatic heterocycles. The van der Waals surface area contributed by atoms with Crippen molar-refractivity contribution in [1.82, 2.24) is 9.80 Å². The topological polar surface area (TPSA) is 142 Å². The molecule has 1 saturated heterocycles. The van der Waals surface area contributed by atoms with E-state index in [9.17, 15) is 9.59 Å². The maximum atomic E-state index is 13.2. The number of piperazine rings is 1. The molecule has 0 aliphatic carbocycles. The predicted octanol–water partition coefficient (Wildman–Crippen LogP) is 2.70. The lowest BCUT2D eigenvalue weighted by Crippen LogP contribution is -2.47. The van der Waals surface area contributed by atoms with Gasteiger partial charge < -0.3 is 30.4 Å². The van der Waals surface area contributed by atoms with E-state index in [1.165, 1.54) is 6.07 Å². The molecule has 0 spiro atoms. The number of carbonyl (C=O) groups excluding carboxylic acids is 2. The van der Waals surface area contributed by atoms with Gasteiger partial charge in [-0.05, 0) is 30.7 Å². The SMILES string of the molecule is CCCCCOc1ccc(C(=O)CN2CCN(Cc3ccc(OC)c(OC)c3OC)CC2)cc1C(=O)N=C(N)N. The van der Waals surface area contributed by atoms with Crippen LogP contribution >= 0.6 is 0 Å². The summed E-state index contributed by atoms with van der Waals surface area (Å²) in [6.45, 7) is 6.49.